The zero-order chi connectivity index (χ0) is 14.7. The minimum Gasteiger partial charge on any atom is -0.450 e. The van der Waals surface area contributed by atoms with Crippen molar-refractivity contribution in [3.63, 3.8) is 0 Å². The lowest BCUT2D eigenvalue weighted by Gasteiger charge is -2.09. The molecule has 0 aromatic heterocycles. The van der Waals surface area contributed by atoms with Gasteiger partial charge in [0.2, 0.25) is 5.75 Å². The van der Waals surface area contributed by atoms with Crippen molar-refractivity contribution in [3.05, 3.63) is 56.8 Å². The number of hydrogen-bond acceptors (Lipinski definition) is 4. The number of nitro benzene ring substituents is 1. The van der Waals surface area contributed by atoms with Gasteiger partial charge in [-0.1, -0.05) is 6.07 Å². The Hall–Kier alpha value is -2.15. The van der Waals surface area contributed by atoms with Crippen molar-refractivity contribution in [3.8, 4) is 11.5 Å². The monoisotopic (exact) mass is 340 g/mol. The summed E-state index contributed by atoms with van der Waals surface area (Å²) in [6.07, 6.45) is 0. The van der Waals surface area contributed by atoms with Gasteiger partial charge in [-0.15, -0.1) is 0 Å². The highest BCUT2D eigenvalue weighted by atomic mass is 79.9. The summed E-state index contributed by atoms with van der Waals surface area (Å²) in [5, 5.41) is 13.9. The molecule has 2 aromatic carbocycles. The van der Waals surface area contributed by atoms with Gasteiger partial charge < -0.3 is 10.1 Å². The number of para-hydroxylation sites is 1. The van der Waals surface area contributed by atoms with Crippen LogP contribution in [0.5, 0.6) is 11.5 Å². The molecule has 2 rings (SSSR count). The number of halogens is 2. The van der Waals surface area contributed by atoms with E-state index in [0.717, 1.165) is 0 Å². The average Bonchev–Trinajstić information content (AvgIpc) is 2.42. The largest absolute Gasteiger partial charge is 0.450 e. The lowest BCUT2D eigenvalue weighted by molar-refractivity contribution is -0.384. The number of rotatable bonds is 4. The minimum atomic E-state index is -0.528. The second-order valence-corrected chi connectivity index (χ2v) is 4.69. The van der Waals surface area contributed by atoms with Gasteiger partial charge in [0, 0.05) is 7.05 Å². The fraction of sp³-hybridized carbons (Fsp3) is 0.0769. The predicted octanol–water partition coefficient (Wildman–Crippen LogP) is 4.33. The molecule has 0 aliphatic heterocycles. The quantitative estimate of drug-likeness (QED) is 0.664. The molecule has 0 radical (unpaired) electrons. The highest BCUT2D eigenvalue weighted by Gasteiger charge is 2.21. The van der Waals surface area contributed by atoms with Crippen LogP contribution in [0.2, 0.25) is 0 Å². The smallest absolute Gasteiger partial charge is 0.334 e. The van der Waals surface area contributed by atoms with Crippen LogP contribution in [-0.4, -0.2) is 12.0 Å². The van der Waals surface area contributed by atoms with E-state index in [1.807, 2.05) is 0 Å². The third-order valence-electron chi connectivity index (χ3n) is 2.57. The first-order valence-corrected chi connectivity index (χ1v) is 6.40. The molecule has 1 N–H and O–H groups in total. The van der Waals surface area contributed by atoms with Gasteiger partial charge in [-0.2, -0.15) is 0 Å². The average molecular weight is 341 g/mol. The molecule has 0 spiro atoms. The van der Waals surface area contributed by atoms with Crippen LogP contribution in [-0.2, 0) is 0 Å². The second-order valence-electron chi connectivity index (χ2n) is 3.84. The zero-order valence-electron chi connectivity index (χ0n) is 10.4. The summed E-state index contributed by atoms with van der Waals surface area (Å²) in [4.78, 5) is 10.6. The highest BCUT2D eigenvalue weighted by Crippen LogP contribution is 2.37. The molecule has 0 atom stereocenters. The van der Waals surface area contributed by atoms with Crippen LogP contribution in [0.1, 0.15) is 0 Å². The summed E-state index contributed by atoms with van der Waals surface area (Å²) in [6, 6.07) is 8.71. The van der Waals surface area contributed by atoms with Gasteiger partial charge in [-0.05, 0) is 46.3 Å². The van der Waals surface area contributed by atoms with Crippen LogP contribution in [0.3, 0.4) is 0 Å². The summed E-state index contributed by atoms with van der Waals surface area (Å²) in [7, 11) is 1.58. The first-order valence-electron chi connectivity index (χ1n) is 5.61. The Morgan fingerprint density at radius 1 is 1.35 bits per heavy atom. The first kappa shape index (κ1) is 14.3. The van der Waals surface area contributed by atoms with E-state index in [-0.39, 0.29) is 15.9 Å². The SMILES string of the molecule is CNc1cccc(Oc2ccc(F)c(Br)c2)c1[N+](=O)[O-]. The number of nitrogens with zero attached hydrogens (tertiary/aromatic N) is 1. The molecule has 0 amide bonds. The third-order valence-corrected chi connectivity index (χ3v) is 3.18. The van der Waals surface area contributed by atoms with E-state index in [1.54, 1.807) is 19.2 Å². The predicted molar refractivity (Wildman–Crippen MR) is 76.8 cm³/mol. The topological polar surface area (TPSA) is 64.4 Å². The normalized spacial score (nSPS) is 10.2. The van der Waals surface area contributed by atoms with Crippen LogP contribution in [0.25, 0.3) is 0 Å². The van der Waals surface area contributed by atoms with Gasteiger partial charge in [0.25, 0.3) is 0 Å². The third kappa shape index (κ3) is 2.88. The van der Waals surface area contributed by atoms with E-state index in [4.69, 9.17) is 4.74 Å². The van der Waals surface area contributed by atoms with Crippen molar-refractivity contribution in [1.29, 1.82) is 0 Å². The van der Waals surface area contributed by atoms with Crippen LogP contribution < -0.4 is 10.1 Å². The second kappa shape index (κ2) is 5.87. The fourth-order valence-corrected chi connectivity index (χ4v) is 2.02. The van der Waals surface area contributed by atoms with Gasteiger partial charge >= 0.3 is 5.69 Å². The van der Waals surface area contributed by atoms with Crippen LogP contribution in [0.15, 0.2) is 40.9 Å². The fourth-order valence-electron chi connectivity index (χ4n) is 1.66. The summed E-state index contributed by atoms with van der Waals surface area (Å²) in [6.45, 7) is 0. The molecule has 0 saturated carbocycles. The Kier molecular flexibility index (Phi) is 4.19. The van der Waals surface area contributed by atoms with Crippen LogP contribution >= 0.6 is 15.9 Å². The zero-order valence-corrected chi connectivity index (χ0v) is 12.0. The summed E-state index contributed by atoms with van der Waals surface area (Å²) in [5.74, 6) is -0.0502. The lowest BCUT2D eigenvalue weighted by atomic mass is 10.2. The molecule has 0 saturated heterocycles. The van der Waals surface area contributed by atoms with Gasteiger partial charge in [0.15, 0.2) is 0 Å². The van der Waals surface area contributed by atoms with Crippen LogP contribution in [0.4, 0.5) is 15.8 Å². The summed E-state index contributed by atoms with van der Waals surface area (Å²) >= 11 is 3.03. The molecule has 0 aliphatic carbocycles. The van der Waals surface area contributed by atoms with Crippen molar-refractivity contribution < 1.29 is 14.1 Å². The number of ether oxygens (including phenoxy) is 1. The molecule has 20 heavy (non-hydrogen) atoms. The number of anilines is 1. The minimum absolute atomic E-state index is 0.0837. The van der Waals surface area contributed by atoms with E-state index < -0.39 is 10.7 Å². The number of benzene rings is 2. The van der Waals surface area contributed by atoms with Gasteiger partial charge in [0.1, 0.15) is 17.3 Å². The summed E-state index contributed by atoms with van der Waals surface area (Å²) < 4.78 is 18.8. The lowest BCUT2D eigenvalue weighted by Crippen LogP contribution is -1.99. The Bertz CT molecular complexity index is 664. The maximum Gasteiger partial charge on any atom is 0.334 e. The molecule has 0 aliphatic rings. The van der Waals surface area contributed by atoms with E-state index in [9.17, 15) is 14.5 Å². The Morgan fingerprint density at radius 3 is 2.70 bits per heavy atom. The highest BCUT2D eigenvalue weighted by molar-refractivity contribution is 9.10. The molecular formula is C13H10BrFN2O3. The molecule has 2 aromatic rings. The molecule has 104 valence electrons. The standard InChI is InChI=1S/C13H10BrFN2O3/c1-16-11-3-2-4-12(13(11)17(18)19)20-8-5-6-10(15)9(14)7-8/h2-7,16H,1H3. The van der Waals surface area contributed by atoms with Crippen molar-refractivity contribution in [2.75, 3.05) is 12.4 Å². The van der Waals surface area contributed by atoms with Crippen molar-refractivity contribution in [2.24, 2.45) is 0 Å². The maximum absolute atomic E-state index is 13.1. The van der Waals surface area contributed by atoms with E-state index in [0.29, 0.717) is 11.4 Å². The van der Waals surface area contributed by atoms with E-state index in [1.165, 1.54) is 24.3 Å². The van der Waals surface area contributed by atoms with Crippen molar-refractivity contribution in [1.82, 2.24) is 0 Å². The molecule has 0 heterocycles. The molecular weight excluding hydrogens is 331 g/mol. The number of hydrogen-bond donors (Lipinski definition) is 1. The molecule has 5 nitrogen and oxygen atoms in total. The number of nitro groups is 1. The van der Waals surface area contributed by atoms with Gasteiger partial charge in [-0.3, -0.25) is 10.1 Å². The Morgan fingerprint density at radius 2 is 2.10 bits per heavy atom. The van der Waals surface area contributed by atoms with Gasteiger partial charge in [-0.25, -0.2) is 4.39 Å². The maximum atomic E-state index is 13.1. The van der Waals surface area contributed by atoms with Crippen molar-refractivity contribution in [2.45, 2.75) is 0 Å². The number of nitrogens with one attached hydrogen (secondary N) is 1. The van der Waals surface area contributed by atoms with E-state index in [2.05, 4.69) is 21.2 Å². The molecule has 0 unspecified atom stereocenters. The van der Waals surface area contributed by atoms with Gasteiger partial charge in [0.05, 0.1) is 9.40 Å². The molecule has 7 heteroatoms. The molecule has 0 bridgehead atoms. The van der Waals surface area contributed by atoms with Crippen molar-refractivity contribution >= 4 is 27.3 Å². The first-order chi connectivity index (χ1) is 9.52. The summed E-state index contributed by atoms with van der Waals surface area (Å²) in [5.41, 5.74) is 0.170. The Labute approximate surface area is 122 Å². The Balaban J connectivity index is 2.42. The van der Waals surface area contributed by atoms with E-state index >= 15 is 0 Å². The molecule has 0 fully saturated rings. The van der Waals surface area contributed by atoms with Crippen LogP contribution in [0, 0.1) is 15.9 Å².